The number of aromatic amines is 1. The molecular weight excluding hydrogens is 394 g/mol. The topological polar surface area (TPSA) is 109 Å². The van der Waals surface area contributed by atoms with Gasteiger partial charge < -0.3 is 20.1 Å². The van der Waals surface area contributed by atoms with E-state index in [2.05, 4.69) is 10.3 Å². The maximum Gasteiger partial charge on any atom is 0.266 e. The fraction of sp³-hybridized carbons (Fsp3) is 0.600. The van der Waals surface area contributed by atoms with Crippen LogP contribution in [0, 0.1) is 25.2 Å². The Kier molecular flexibility index (Phi) is 7.82. The van der Waals surface area contributed by atoms with Crippen LogP contribution in [-0.2, 0) is 16.0 Å². The van der Waals surface area contributed by atoms with Gasteiger partial charge in [0.05, 0.1) is 6.54 Å². The van der Waals surface area contributed by atoms with Crippen molar-refractivity contribution >= 4 is 24.2 Å². The van der Waals surface area contributed by atoms with Crippen LogP contribution >= 0.6 is 12.4 Å². The molecule has 0 aromatic carbocycles. The lowest BCUT2D eigenvalue weighted by atomic mass is 9.98. The summed E-state index contributed by atoms with van der Waals surface area (Å²) in [5, 5.41) is 12.3. The molecular formula is C20H28ClN5O3. The lowest BCUT2D eigenvalue weighted by molar-refractivity contribution is -0.140. The number of piperazine rings is 1. The van der Waals surface area contributed by atoms with Crippen LogP contribution in [0.3, 0.4) is 0 Å². The van der Waals surface area contributed by atoms with E-state index < -0.39 is 0 Å². The van der Waals surface area contributed by atoms with Crippen LogP contribution in [0.2, 0.25) is 0 Å². The molecule has 2 amide bonds. The number of likely N-dealkylation sites (tertiary alicyclic amines) is 1. The van der Waals surface area contributed by atoms with E-state index in [1.54, 1.807) is 13.8 Å². The Hall–Kier alpha value is -2.37. The van der Waals surface area contributed by atoms with Gasteiger partial charge in [-0.2, -0.15) is 5.26 Å². The second-order valence-corrected chi connectivity index (χ2v) is 7.57. The number of H-pyrrole nitrogens is 1. The van der Waals surface area contributed by atoms with E-state index >= 15 is 0 Å². The Labute approximate surface area is 176 Å². The largest absolute Gasteiger partial charge is 0.341 e. The normalized spacial score (nSPS) is 19.5. The second-order valence-electron chi connectivity index (χ2n) is 7.57. The van der Waals surface area contributed by atoms with Gasteiger partial charge >= 0.3 is 0 Å². The Morgan fingerprint density at radius 3 is 2.72 bits per heavy atom. The Morgan fingerprint density at radius 1 is 1.28 bits per heavy atom. The maximum atomic E-state index is 12.8. The van der Waals surface area contributed by atoms with Crippen LogP contribution < -0.4 is 10.9 Å². The van der Waals surface area contributed by atoms with E-state index in [4.69, 9.17) is 0 Å². The van der Waals surface area contributed by atoms with Gasteiger partial charge in [-0.3, -0.25) is 14.4 Å². The first kappa shape index (κ1) is 22.9. The number of halogens is 1. The molecule has 0 spiro atoms. The summed E-state index contributed by atoms with van der Waals surface area (Å²) in [6.07, 6.45) is 2.62. The van der Waals surface area contributed by atoms with Crippen molar-refractivity contribution in [2.75, 3.05) is 32.7 Å². The molecule has 0 radical (unpaired) electrons. The maximum absolute atomic E-state index is 12.8. The molecule has 1 unspecified atom stereocenters. The number of carbonyl (C=O) groups excluding carboxylic acids is 2. The van der Waals surface area contributed by atoms with Gasteiger partial charge in [-0.1, -0.05) is 0 Å². The Morgan fingerprint density at radius 2 is 2.03 bits per heavy atom. The highest BCUT2D eigenvalue weighted by Crippen LogP contribution is 2.20. The molecule has 3 rings (SSSR count). The zero-order chi connectivity index (χ0) is 20.3. The van der Waals surface area contributed by atoms with Crippen LogP contribution in [0.5, 0.6) is 0 Å². The molecule has 2 aliphatic heterocycles. The number of nitriles is 1. The van der Waals surface area contributed by atoms with Crippen molar-refractivity contribution in [2.45, 2.75) is 45.6 Å². The molecule has 2 N–H and O–H groups in total. The summed E-state index contributed by atoms with van der Waals surface area (Å²) >= 11 is 0. The van der Waals surface area contributed by atoms with Crippen LogP contribution in [0.15, 0.2) is 4.79 Å². The van der Waals surface area contributed by atoms with Crippen molar-refractivity contribution < 1.29 is 9.59 Å². The predicted octanol–water partition coefficient (Wildman–Crippen LogP) is 0.641. The minimum Gasteiger partial charge on any atom is -0.341 e. The molecule has 158 valence electrons. The molecule has 0 bridgehead atoms. The number of hydrogen-bond donors (Lipinski definition) is 2. The van der Waals surface area contributed by atoms with E-state index in [0.717, 1.165) is 24.9 Å². The Bertz CT molecular complexity index is 876. The van der Waals surface area contributed by atoms with Gasteiger partial charge in [0, 0.05) is 44.3 Å². The summed E-state index contributed by atoms with van der Waals surface area (Å²) in [5.41, 5.74) is 1.95. The molecule has 9 heteroatoms. The third-order valence-corrected chi connectivity index (χ3v) is 5.83. The molecule has 3 heterocycles. The van der Waals surface area contributed by atoms with Gasteiger partial charge in [0.1, 0.15) is 11.6 Å². The molecule has 0 saturated carbocycles. The van der Waals surface area contributed by atoms with Gasteiger partial charge in [0.15, 0.2) is 0 Å². The highest BCUT2D eigenvalue weighted by atomic mass is 35.5. The molecule has 2 aliphatic rings. The van der Waals surface area contributed by atoms with Crippen molar-refractivity contribution in [1.82, 2.24) is 20.1 Å². The average Bonchev–Trinajstić information content (AvgIpc) is 2.68. The first-order chi connectivity index (χ1) is 13.4. The van der Waals surface area contributed by atoms with E-state index in [-0.39, 0.29) is 41.4 Å². The molecule has 1 aromatic rings. The van der Waals surface area contributed by atoms with Crippen molar-refractivity contribution in [1.29, 1.82) is 5.26 Å². The smallest absolute Gasteiger partial charge is 0.266 e. The minimum absolute atomic E-state index is 0. The first-order valence-electron chi connectivity index (χ1n) is 9.82. The summed E-state index contributed by atoms with van der Waals surface area (Å²) < 4.78 is 0. The average molecular weight is 422 g/mol. The molecule has 1 aromatic heterocycles. The second kappa shape index (κ2) is 9.90. The van der Waals surface area contributed by atoms with E-state index in [0.29, 0.717) is 50.3 Å². The zero-order valence-electron chi connectivity index (χ0n) is 16.9. The van der Waals surface area contributed by atoms with Crippen LogP contribution in [-0.4, -0.2) is 65.4 Å². The number of aryl methyl sites for hydroxylation is 1. The van der Waals surface area contributed by atoms with Crippen LogP contribution in [0.1, 0.15) is 41.6 Å². The number of amides is 2. The number of rotatable bonds is 4. The van der Waals surface area contributed by atoms with E-state index in [1.165, 1.54) is 0 Å². The van der Waals surface area contributed by atoms with Gasteiger partial charge in [-0.15, -0.1) is 12.4 Å². The van der Waals surface area contributed by atoms with Crippen molar-refractivity contribution in [3.8, 4) is 6.07 Å². The van der Waals surface area contributed by atoms with Crippen molar-refractivity contribution in [2.24, 2.45) is 0 Å². The summed E-state index contributed by atoms with van der Waals surface area (Å²) in [5.74, 6) is 0.157. The van der Waals surface area contributed by atoms with Crippen LogP contribution in [0.4, 0.5) is 0 Å². The number of nitrogens with zero attached hydrogens (tertiary/aromatic N) is 3. The number of hydrogen-bond acceptors (Lipinski definition) is 5. The number of nitrogens with one attached hydrogen (secondary N) is 2. The van der Waals surface area contributed by atoms with Gasteiger partial charge in [0.2, 0.25) is 11.8 Å². The highest BCUT2D eigenvalue weighted by Gasteiger charge is 2.31. The lowest BCUT2D eigenvalue weighted by Crippen LogP contribution is -2.57. The van der Waals surface area contributed by atoms with Gasteiger partial charge in [0.25, 0.3) is 5.56 Å². The number of piperidine rings is 1. The highest BCUT2D eigenvalue weighted by molar-refractivity contribution is 5.85. The molecule has 0 aliphatic carbocycles. The zero-order valence-corrected chi connectivity index (χ0v) is 17.7. The standard InChI is InChI=1S/C20H27N5O3.ClH/c1-13-16(14(2)23-20(28)17(13)10-21)5-6-18(26)24-8-3-4-15(12-24)25-9-7-22-11-19(25)27;/h15,22H,3-9,11-12H2,1-2H3,(H,23,28);1H. The monoisotopic (exact) mass is 421 g/mol. The molecule has 2 saturated heterocycles. The number of pyridine rings is 1. The summed E-state index contributed by atoms with van der Waals surface area (Å²) in [6, 6.07) is 2.04. The summed E-state index contributed by atoms with van der Waals surface area (Å²) in [7, 11) is 0. The van der Waals surface area contributed by atoms with E-state index in [9.17, 15) is 19.6 Å². The molecule has 8 nitrogen and oxygen atoms in total. The van der Waals surface area contributed by atoms with Crippen molar-refractivity contribution in [3.05, 3.63) is 32.7 Å². The SMILES string of the molecule is Cc1[nH]c(=O)c(C#N)c(C)c1CCC(=O)N1CCCC(N2CCNCC2=O)C1.Cl. The Balaban J connectivity index is 0.00000300. The molecule has 1 atom stereocenters. The van der Waals surface area contributed by atoms with Gasteiger partial charge in [-0.05, 0) is 44.2 Å². The van der Waals surface area contributed by atoms with Gasteiger partial charge in [-0.25, -0.2) is 0 Å². The fourth-order valence-corrected chi connectivity index (χ4v) is 4.25. The predicted molar refractivity (Wildman–Crippen MR) is 111 cm³/mol. The number of carbonyl (C=O) groups is 2. The number of aromatic nitrogens is 1. The third kappa shape index (κ3) is 4.98. The lowest BCUT2D eigenvalue weighted by Gasteiger charge is -2.41. The van der Waals surface area contributed by atoms with Crippen LogP contribution in [0.25, 0.3) is 0 Å². The molecule has 2 fully saturated rings. The minimum atomic E-state index is -0.382. The first-order valence-corrected chi connectivity index (χ1v) is 9.82. The summed E-state index contributed by atoms with van der Waals surface area (Å²) in [4.78, 5) is 43.3. The fourth-order valence-electron chi connectivity index (χ4n) is 4.25. The molecule has 29 heavy (non-hydrogen) atoms. The van der Waals surface area contributed by atoms with E-state index in [1.807, 2.05) is 15.9 Å². The van der Waals surface area contributed by atoms with Crippen molar-refractivity contribution in [3.63, 3.8) is 0 Å². The third-order valence-electron chi connectivity index (χ3n) is 5.83. The summed E-state index contributed by atoms with van der Waals surface area (Å²) in [6.45, 7) is 6.70. The quantitative estimate of drug-likeness (QED) is 0.741.